The third-order valence-corrected chi connectivity index (χ3v) is 6.88. The number of aryl methyl sites for hydroxylation is 1. The molecule has 0 saturated heterocycles. The molecule has 6 atom stereocenters. The van der Waals surface area contributed by atoms with Crippen LogP contribution in [0.25, 0.3) is 0 Å². The van der Waals surface area contributed by atoms with Crippen molar-refractivity contribution in [2.24, 2.45) is 17.3 Å². The standard InChI is InChI=1S/C20H26O4/c1-11(21)24-13-4-6-14-12(9-13)3-5-15-16-7-8-18(23)20(16,2)10-17(22)19(14)15/h4,6,9,15-19,22-23H,3,5,7-8,10H2,1-2H3/t15-,16+,17+,18+,19+,20-/m0/s1. The molecule has 2 N–H and O–H groups in total. The van der Waals surface area contributed by atoms with Gasteiger partial charge in [-0.15, -0.1) is 0 Å². The second-order valence-electron chi connectivity index (χ2n) is 8.16. The number of esters is 1. The number of aliphatic hydroxyl groups excluding tert-OH is 2. The third-order valence-electron chi connectivity index (χ3n) is 6.88. The van der Waals surface area contributed by atoms with Crippen LogP contribution in [-0.2, 0) is 11.2 Å². The van der Waals surface area contributed by atoms with Crippen LogP contribution in [0.4, 0.5) is 0 Å². The lowest BCUT2D eigenvalue weighted by Gasteiger charge is -2.52. The number of hydrogen-bond acceptors (Lipinski definition) is 4. The summed E-state index contributed by atoms with van der Waals surface area (Å²) < 4.78 is 5.21. The molecule has 24 heavy (non-hydrogen) atoms. The van der Waals surface area contributed by atoms with Crippen molar-refractivity contribution < 1.29 is 19.7 Å². The van der Waals surface area contributed by atoms with Gasteiger partial charge < -0.3 is 14.9 Å². The SMILES string of the molecule is CC(=O)Oc1ccc2c(c1)CC[C@@H]1[C@@H]2[C@H](O)C[C@]2(C)[C@H](O)CC[C@H]12. The molecule has 130 valence electrons. The van der Waals surface area contributed by atoms with Crippen molar-refractivity contribution >= 4 is 5.97 Å². The molecule has 4 rings (SSSR count). The summed E-state index contributed by atoms with van der Waals surface area (Å²) >= 11 is 0. The molecule has 1 aromatic carbocycles. The lowest BCUT2D eigenvalue weighted by molar-refractivity contribution is -0.131. The Bertz CT molecular complexity index is 670. The molecule has 4 heteroatoms. The Morgan fingerprint density at radius 2 is 2.04 bits per heavy atom. The van der Waals surface area contributed by atoms with Gasteiger partial charge in [-0.3, -0.25) is 4.79 Å². The van der Waals surface area contributed by atoms with Crippen LogP contribution in [0.2, 0.25) is 0 Å². The Hall–Kier alpha value is -1.39. The van der Waals surface area contributed by atoms with Crippen LogP contribution in [0, 0.1) is 17.3 Å². The molecule has 0 unspecified atom stereocenters. The van der Waals surface area contributed by atoms with Crippen molar-refractivity contribution in [3.05, 3.63) is 29.3 Å². The van der Waals surface area contributed by atoms with Gasteiger partial charge in [-0.05, 0) is 72.6 Å². The van der Waals surface area contributed by atoms with Crippen molar-refractivity contribution in [1.82, 2.24) is 0 Å². The highest BCUT2D eigenvalue weighted by molar-refractivity contribution is 5.69. The van der Waals surface area contributed by atoms with E-state index >= 15 is 0 Å². The molecule has 0 aliphatic heterocycles. The van der Waals surface area contributed by atoms with Gasteiger partial charge in [-0.1, -0.05) is 13.0 Å². The van der Waals surface area contributed by atoms with Gasteiger partial charge >= 0.3 is 5.97 Å². The normalized spacial score (nSPS) is 40.4. The number of hydrogen-bond donors (Lipinski definition) is 2. The topological polar surface area (TPSA) is 66.8 Å². The van der Waals surface area contributed by atoms with E-state index in [1.165, 1.54) is 18.1 Å². The zero-order valence-corrected chi connectivity index (χ0v) is 14.4. The van der Waals surface area contributed by atoms with Crippen LogP contribution in [-0.4, -0.2) is 28.4 Å². The monoisotopic (exact) mass is 330 g/mol. The fourth-order valence-electron chi connectivity index (χ4n) is 5.84. The molecule has 0 heterocycles. The Morgan fingerprint density at radius 3 is 2.79 bits per heavy atom. The second-order valence-corrected chi connectivity index (χ2v) is 8.16. The molecular weight excluding hydrogens is 304 g/mol. The zero-order chi connectivity index (χ0) is 17.1. The number of ether oxygens (including phenoxy) is 1. The number of carbonyl (C=O) groups excluding carboxylic acids is 1. The fraction of sp³-hybridized carbons (Fsp3) is 0.650. The minimum atomic E-state index is -0.414. The largest absolute Gasteiger partial charge is 0.427 e. The molecule has 2 fully saturated rings. The van der Waals surface area contributed by atoms with Crippen LogP contribution in [0.1, 0.15) is 56.6 Å². The van der Waals surface area contributed by atoms with E-state index in [9.17, 15) is 15.0 Å². The number of fused-ring (bicyclic) bond motifs is 5. The predicted molar refractivity (Wildman–Crippen MR) is 89.8 cm³/mol. The average Bonchev–Trinajstić information content (AvgIpc) is 2.81. The minimum absolute atomic E-state index is 0.142. The maximum absolute atomic E-state index is 11.2. The lowest BCUT2D eigenvalue weighted by Crippen LogP contribution is -2.50. The first kappa shape index (κ1) is 16.1. The summed E-state index contributed by atoms with van der Waals surface area (Å²) in [7, 11) is 0. The number of benzene rings is 1. The van der Waals surface area contributed by atoms with Crippen molar-refractivity contribution in [3.8, 4) is 5.75 Å². The quantitative estimate of drug-likeness (QED) is 0.614. The summed E-state index contributed by atoms with van der Waals surface area (Å²) in [6, 6.07) is 5.82. The van der Waals surface area contributed by atoms with E-state index in [-0.39, 0.29) is 23.4 Å². The summed E-state index contributed by atoms with van der Waals surface area (Å²) in [5.74, 6) is 1.34. The summed E-state index contributed by atoms with van der Waals surface area (Å²) in [6.45, 7) is 3.57. The average molecular weight is 330 g/mol. The Labute approximate surface area is 142 Å². The van der Waals surface area contributed by atoms with Crippen molar-refractivity contribution in [2.75, 3.05) is 0 Å². The maximum atomic E-state index is 11.2. The fourth-order valence-corrected chi connectivity index (χ4v) is 5.84. The van der Waals surface area contributed by atoms with E-state index in [0.29, 0.717) is 24.0 Å². The van der Waals surface area contributed by atoms with Crippen LogP contribution in [0.3, 0.4) is 0 Å². The number of aliphatic hydroxyl groups is 2. The van der Waals surface area contributed by atoms with E-state index in [0.717, 1.165) is 25.7 Å². The molecule has 3 aliphatic rings. The van der Waals surface area contributed by atoms with Gasteiger partial charge in [0.1, 0.15) is 5.75 Å². The first-order valence-electron chi connectivity index (χ1n) is 9.07. The molecule has 0 radical (unpaired) electrons. The van der Waals surface area contributed by atoms with Crippen LogP contribution >= 0.6 is 0 Å². The summed E-state index contributed by atoms with van der Waals surface area (Å²) in [4.78, 5) is 11.2. The molecule has 2 saturated carbocycles. The van der Waals surface area contributed by atoms with Gasteiger partial charge in [0.05, 0.1) is 12.2 Å². The Kier molecular flexibility index (Phi) is 3.73. The molecule has 0 amide bonds. The summed E-state index contributed by atoms with van der Waals surface area (Å²) in [5.41, 5.74) is 2.25. The second kappa shape index (κ2) is 5.57. The van der Waals surface area contributed by atoms with Crippen LogP contribution < -0.4 is 4.74 Å². The van der Waals surface area contributed by atoms with Crippen LogP contribution in [0.15, 0.2) is 18.2 Å². The molecule has 0 spiro atoms. The Morgan fingerprint density at radius 1 is 1.25 bits per heavy atom. The third kappa shape index (κ3) is 2.31. The van der Waals surface area contributed by atoms with Crippen molar-refractivity contribution in [3.63, 3.8) is 0 Å². The molecule has 1 aromatic rings. The molecule has 4 nitrogen and oxygen atoms in total. The summed E-state index contributed by atoms with van der Waals surface area (Å²) in [6.07, 6.45) is 3.87. The van der Waals surface area contributed by atoms with Gasteiger partial charge in [-0.25, -0.2) is 0 Å². The molecule has 0 bridgehead atoms. The lowest BCUT2D eigenvalue weighted by atomic mass is 9.54. The van der Waals surface area contributed by atoms with E-state index in [1.54, 1.807) is 0 Å². The highest BCUT2D eigenvalue weighted by atomic mass is 16.5. The van der Waals surface area contributed by atoms with Crippen molar-refractivity contribution in [2.45, 2.75) is 64.1 Å². The minimum Gasteiger partial charge on any atom is -0.427 e. The van der Waals surface area contributed by atoms with Crippen LogP contribution in [0.5, 0.6) is 5.75 Å². The zero-order valence-electron chi connectivity index (χ0n) is 14.4. The van der Waals surface area contributed by atoms with Crippen molar-refractivity contribution in [1.29, 1.82) is 0 Å². The molecule has 0 aromatic heterocycles. The van der Waals surface area contributed by atoms with Gasteiger partial charge in [0, 0.05) is 12.8 Å². The molecule has 3 aliphatic carbocycles. The van der Waals surface area contributed by atoms with Gasteiger partial charge in [0.25, 0.3) is 0 Å². The smallest absolute Gasteiger partial charge is 0.308 e. The highest BCUT2D eigenvalue weighted by Gasteiger charge is 2.57. The molecular formula is C20H26O4. The van der Waals surface area contributed by atoms with Gasteiger partial charge in [0.2, 0.25) is 0 Å². The van der Waals surface area contributed by atoms with E-state index in [2.05, 4.69) is 6.92 Å². The predicted octanol–water partition coefficient (Wildman–Crippen LogP) is 2.80. The maximum Gasteiger partial charge on any atom is 0.308 e. The first-order valence-corrected chi connectivity index (χ1v) is 9.07. The number of rotatable bonds is 1. The Balaban J connectivity index is 1.68. The van der Waals surface area contributed by atoms with Gasteiger partial charge in [0.15, 0.2) is 0 Å². The van der Waals surface area contributed by atoms with Gasteiger partial charge in [-0.2, -0.15) is 0 Å². The van der Waals surface area contributed by atoms with E-state index in [4.69, 9.17) is 4.74 Å². The first-order chi connectivity index (χ1) is 11.4. The number of carbonyl (C=O) groups is 1. The highest BCUT2D eigenvalue weighted by Crippen LogP contribution is 2.60. The summed E-state index contributed by atoms with van der Waals surface area (Å²) in [5, 5.41) is 21.3. The van der Waals surface area contributed by atoms with E-state index in [1.807, 2.05) is 18.2 Å². The van der Waals surface area contributed by atoms with E-state index < -0.39 is 6.10 Å².